The zero-order valence-corrected chi connectivity index (χ0v) is 9.97. The molecule has 0 aliphatic heterocycles. The van der Waals surface area contributed by atoms with Crippen LogP contribution >= 0.6 is 0 Å². The molecule has 0 unspecified atom stereocenters. The van der Waals surface area contributed by atoms with E-state index in [0.29, 0.717) is 12.5 Å². The molecule has 0 fully saturated rings. The van der Waals surface area contributed by atoms with E-state index in [1.165, 1.54) is 0 Å². The van der Waals surface area contributed by atoms with E-state index in [2.05, 4.69) is 4.98 Å². The Morgan fingerprint density at radius 3 is 2.82 bits per heavy atom. The van der Waals surface area contributed by atoms with Crippen LogP contribution in [0.4, 0.5) is 0 Å². The van der Waals surface area contributed by atoms with Crippen LogP contribution in [0, 0.1) is 0 Å². The standard InChI is InChI=1S/C13H16N2O2/c1-13(2,14)8-17-12-11-7-10(16)4-3-9(11)5-6-15-12/h3-7,16H,8,14H2,1-2H3. The van der Waals surface area contributed by atoms with Crippen molar-refractivity contribution < 1.29 is 9.84 Å². The van der Waals surface area contributed by atoms with Gasteiger partial charge in [-0.15, -0.1) is 0 Å². The number of rotatable bonds is 3. The largest absolute Gasteiger partial charge is 0.508 e. The first-order chi connectivity index (χ1) is 7.96. The number of nitrogens with two attached hydrogens (primary N) is 1. The molecule has 0 atom stereocenters. The highest BCUT2D eigenvalue weighted by molar-refractivity contribution is 5.87. The molecule has 0 saturated heterocycles. The molecule has 0 spiro atoms. The number of phenolic OH excluding ortho intramolecular Hbond substituents is 1. The highest BCUT2D eigenvalue weighted by Crippen LogP contribution is 2.26. The summed E-state index contributed by atoms with van der Waals surface area (Å²) < 4.78 is 5.59. The number of pyridine rings is 1. The Hall–Kier alpha value is -1.81. The fourth-order valence-corrected chi connectivity index (χ4v) is 1.50. The van der Waals surface area contributed by atoms with Gasteiger partial charge in [-0.2, -0.15) is 0 Å². The lowest BCUT2D eigenvalue weighted by Crippen LogP contribution is -2.38. The Morgan fingerprint density at radius 2 is 2.12 bits per heavy atom. The Bertz CT molecular complexity index is 532. The molecular weight excluding hydrogens is 216 g/mol. The second-order valence-corrected chi connectivity index (χ2v) is 4.80. The summed E-state index contributed by atoms with van der Waals surface area (Å²) in [6.45, 7) is 4.14. The van der Waals surface area contributed by atoms with Crippen LogP contribution < -0.4 is 10.5 Å². The number of hydrogen-bond donors (Lipinski definition) is 2. The van der Waals surface area contributed by atoms with Crippen LogP contribution in [-0.2, 0) is 0 Å². The van der Waals surface area contributed by atoms with Crippen LogP contribution in [0.15, 0.2) is 30.5 Å². The fraction of sp³-hybridized carbons (Fsp3) is 0.308. The number of aromatic hydroxyl groups is 1. The zero-order chi connectivity index (χ0) is 12.5. The first-order valence-corrected chi connectivity index (χ1v) is 5.45. The van der Waals surface area contributed by atoms with Crippen LogP contribution in [0.5, 0.6) is 11.6 Å². The Morgan fingerprint density at radius 1 is 1.35 bits per heavy atom. The summed E-state index contributed by atoms with van der Waals surface area (Å²) in [6, 6.07) is 6.97. The van der Waals surface area contributed by atoms with Gasteiger partial charge in [0.15, 0.2) is 0 Å². The molecule has 0 radical (unpaired) electrons. The molecule has 0 aliphatic carbocycles. The summed E-state index contributed by atoms with van der Waals surface area (Å²) in [5, 5.41) is 11.2. The summed E-state index contributed by atoms with van der Waals surface area (Å²) in [5.41, 5.74) is 5.44. The van der Waals surface area contributed by atoms with Gasteiger partial charge in [-0.25, -0.2) is 4.98 Å². The van der Waals surface area contributed by atoms with Crippen molar-refractivity contribution in [2.24, 2.45) is 5.73 Å². The van der Waals surface area contributed by atoms with Crippen molar-refractivity contribution in [3.63, 3.8) is 0 Å². The van der Waals surface area contributed by atoms with Gasteiger partial charge >= 0.3 is 0 Å². The maximum absolute atomic E-state index is 9.47. The molecule has 0 aliphatic rings. The van der Waals surface area contributed by atoms with Crippen LogP contribution in [-0.4, -0.2) is 22.2 Å². The lowest BCUT2D eigenvalue weighted by atomic mass is 10.1. The fourth-order valence-electron chi connectivity index (χ4n) is 1.50. The van der Waals surface area contributed by atoms with Crippen molar-refractivity contribution in [3.05, 3.63) is 30.5 Å². The molecule has 2 rings (SSSR count). The minimum absolute atomic E-state index is 0.197. The van der Waals surface area contributed by atoms with Crippen molar-refractivity contribution in [2.75, 3.05) is 6.61 Å². The maximum atomic E-state index is 9.47. The molecule has 90 valence electrons. The number of nitrogens with zero attached hydrogens (tertiary/aromatic N) is 1. The summed E-state index contributed by atoms with van der Waals surface area (Å²) in [6.07, 6.45) is 1.68. The van der Waals surface area contributed by atoms with Crippen molar-refractivity contribution in [3.8, 4) is 11.6 Å². The minimum atomic E-state index is -0.416. The average molecular weight is 232 g/mol. The van der Waals surface area contributed by atoms with Crippen molar-refractivity contribution in [1.82, 2.24) is 4.98 Å². The van der Waals surface area contributed by atoms with E-state index in [1.54, 1.807) is 18.3 Å². The van der Waals surface area contributed by atoms with Crippen molar-refractivity contribution in [2.45, 2.75) is 19.4 Å². The number of phenols is 1. The Kier molecular flexibility index (Phi) is 2.90. The van der Waals surface area contributed by atoms with E-state index >= 15 is 0 Å². The van der Waals surface area contributed by atoms with Gasteiger partial charge in [-0.3, -0.25) is 0 Å². The van der Waals surface area contributed by atoms with Crippen LogP contribution in [0.2, 0.25) is 0 Å². The molecule has 0 amide bonds. The molecule has 1 aromatic heterocycles. The maximum Gasteiger partial charge on any atom is 0.221 e. The third kappa shape index (κ3) is 2.85. The molecule has 0 bridgehead atoms. The first kappa shape index (κ1) is 11.7. The van der Waals surface area contributed by atoms with Gasteiger partial charge in [0.05, 0.1) is 0 Å². The Labute approximate surface area is 100 Å². The van der Waals surface area contributed by atoms with Crippen LogP contribution in [0.1, 0.15) is 13.8 Å². The van der Waals surface area contributed by atoms with Crippen LogP contribution in [0.25, 0.3) is 10.8 Å². The quantitative estimate of drug-likeness (QED) is 0.849. The van der Waals surface area contributed by atoms with Gasteiger partial charge in [0.2, 0.25) is 5.88 Å². The second kappa shape index (κ2) is 4.22. The number of hydrogen-bond acceptors (Lipinski definition) is 4. The SMILES string of the molecule is CC(C)(N)COc1nccc2ccc(O)cc12. The molecule has 3 N–H and O–H groups in total. The molecular formula is C13H16N2O2. The molecule has 17 heavy (non-hydrogen) atoms. The summed E-state index contributed by atoms with van der Waals surface area (Å²) in [7, 11) is 0. The van der Waals surface area contributed by atoms with E-state index in [1.807, 2.05) is 26.0 Å². The second-order valence-electron chi connectivity index (χ2n) is 4.80. The van der Waals surface area contributed by atoms with Gasteiger partial charge in [0, 0.05) is 17.1 Å². The van der Waals surface area contributed by atoms with Gasteiger partial charge in [0.1, 0.15) is 12.4 Å². The number of benzene rings is 1. The lowest BCUT2D eigenvalue weighted by Gasteiger charge is -2.19. The normalized spacial score (nSPS) is 11.7. The summed E-state index contributed by atoms with van der Waals surface area (Å²) in [4.78, 5) is 4.16. The van der Waals surface area contributed by atoms with Crippen molar-refractivity contribution >= 4 is 10.8 Å². The van der Waals surface area contributed by atoms with Gasteiger partial charge in [0.25, 0.3) is 0 Å². The number of ether oxygens (including phenoxy) is 1. The van der Waals surface area contributed by atoms with E-state index in [-0.39, 0.29) is 5.75 Å². The van der Waals surface area contributed by atoms with E-state index < -0.39 is 5.54 Å². The van der Waals surface area contributed by atoms with E-state index in [0.717, 1.165) is 10.8 Å². The monoisotopic (exact) mass is 232 g/mol. The lowest BCUT2D eigenvalue weighted by molar-refractivity contribution is 0.238. The third-order valence-corrected chi connectivity index (χ3v) is 2.29. The van der Waals surface area contributed by atoms with E-state index in [4.69, 9.17) is 10.5 Å². The molecule has 2 aromatic rings. The third-order valence-electron chi connectivity index (χ3n) is 2.29. The van der Waals surface area contributed by atoms with Gasteiger partial charge in [-0.1, -0.05) is 6.07 Å². The number of fused-ring (bicyclic) bond motifs is 1. The molecule has 4 heteroatoms. The summed E-state index contributed by atoms with van der Waals surface area (Å²) >= 11 is 0. The predicted molar refractivity (Wildman–Crippen MR) is 67.2 cm³/mol. The van der Waals surface area contributed by atoms with Gasteiger partial charge < -0.3 is 15.6 Å². The first-order valence-electron chi connectivity index (χ1n) is 5.45. The smallest absolute Gasteiger partial charge is 0.221 e. The molecule has 4 nitrogen and oxygen atoms in total. The van der Waals surface area contributed by atoms with E-state index in [9.17, 15) is 5.11 Å². The topological polar surface area (TPSA) is 68.4 Å². The highest BCUT2D eigenvalue weighted by Gasteiger charge is 2.13. The highest BCUT2D eigenvalue weighted by atomic mass is 16.5. The zero-order valence-electron chi connectivity index (χ0n) is 9.97. The van der Waals surface area contributed by atoms with Gasteiger partial charge in [-0.05, 0) is 37.4 Å². The molecule has 1 heterocycles. The minimum Gasteiger partial charge on any atom is -0.508 e. The average Bonchev–Trinajstić information content (AvgIpc) is 2.25. The molecule has 0 saturated carbocycles. The predicted octanol–water partition coefficient (Wildman–Crippen LogP) is 2.06. The molecule has 1 aromatic carbocycles. The Balaban J connectivity index is 2.36. The van der Waals surface area contributed by atoms with Crippen LogP contribution in [0.3, 0.4) is 0 Å². The number of aromatic nitrogens is 1. The summed E-state index contributed by atoms with van der Waals surface area (Å²) in [5.74, 6) is 0.694. The van der Waals surface area contributed by atoms with Crippen molar-refractivity contribution in [1.29, 1.82) is 0 Å².